The van der Waals surface area contributed by atoms with Gasteiger partial charge < -0.3 is 15.3 Å². The molecule has 2 N–H and O–H groups in total. The number of carboxylic acids is 1. The van der Waals surface area contributed by atoms with E-state index in [4.69, 9.17) is 0 Å². The van der Waals surface area contributed by atoms with Gasteiger partial charge in [-0.3, -0.25) is 0 Å². The number of carboxylic acid groups (broad SMARTS) is 1. The summed E-state index contributed by atoms with van der Waals surface area (Å²) in [5, 5.41) is 12.1. The van der Waals surface area contributed by atoms with E-state index in [1.807, 2.05) is 22.6 Å². The lowest BCUT2D eigenvalue weighted by Gasteiger charge is -2.28. The van der Waals surface area contributed by atoms with Crippen molar-refractivity contribution < 1.29 is 18.7 Å². The third-order valence-corrected chi connectivity index (χ3v) is 4.44. The SMILES string of the molecule is O=C(O)C1=C2CCCN2CC(F)=C1Nc1ccc(I)cc1F. The zero-order valence-electron chi connectivity index (χ0n) is 11.5. The summed E-state index contributed by atoms with van der Waals surface area (Å²) in [4.78, 5) is 13.3. The Balaban J connectivity index is 2.02. The van der Waals surface area contributed by atoms with Crippen molar-refractivity contribution >= 4 is 34.2 Å². The van der Waals surface area contributed by atoms with E-state index >= 15 is 0 Å². The van der Waals surface area contributed by atoms with Gasteiger partial charge in [-0.2, -0.15) is 0 Å². The molecule has 4 nitrogen and oxygen atoms in total. The molecule has 0 spiro atoms. The molecule has 0 bridgehead atoms. The van der Waals surface area contributed by atoms with E-state index in [0.29, 0.717) is 22.2 Å². The molecule has 0 amide bonds. The molecule has 2 heterocycles. The molecule has 1 aromatic rings. The van der Waals surface area contributed by atoms with Crippen LogP contribution in [0.25, 0.3) is 0 Å². The molecule has 1 fully saturated rings. The number of carbonyl (C=O) groups is 1. The normalized spacial score (nSPS) is 17.9. The van der Waals surface area contributed by atoms with Crippen molar-refractivity contribution in [1.82, 2.24) is 4.90 Å². The van der Waals surface area contributed by atoms with E-state index in [9.17, 15) is 18.7 Å². The number of nitrogens with zero attached hydrogens (tertiary/aromatic N) is 1. The Hall–Kier alpha value is -1.64. The number of fused-ring (bicyclic) bond motifs is 1. The highest BCUT2D eigenvalue weighted by Crippen LogP contribution is 2.36. The van der Waals surface area contributed by atoms with Crippen LogP contribution < -0.4 is 5.32 Å². The van der Waals surface area contributed by atoms with Gasteiger partial charge in [0.2, 0.25) is 0 Å². The Bertz CT molecular complexity index is 715. The number of nitrogens with one attached hydrogen (secondary N) is 1. The molecule has 2 aliphatic rings. The highest BCUT2D eigenvalue weighted by atomic mass is 127. The maximum atomic E-state index is 14.3. The van der Waals surface area contributed by atoms with Crippen molar-refractivity contribution in [3.63, 3.8) is 0 Å². The van der Waals surface area contributed by atoms with Crippen molar-refractivity contribution in [2.75, 3.05) is 18.4 Å². The van der Waals surface area contributed by atoms with E-state index in [1.54, 1.807) is 11.0 Å². The molecule has 1 aromatic carbocycles. The van der Waals surface area contributed by atoms with Gasteiger partial charge in [0.25, 0.3) is 0 Å². The number of aliphatic carboxylic acids is 1. The highest BCUT2D eigenvalue weighted by Gasteiger charge is 2.34. The zero-order valence-corrected chi connectivity index (χ0v) is 13.7. The van der Waals surface area contributed by atoms with Crippen LogP contribution in [0, 0.1) is 9.39 Å². The van der Waals surface area contributed by atoms with Gasteiger partial charge in [-0.05, 0) is 53.6 Å². The lowest BCUT2D eigenvalue weighted by atomic mass is 10.0. The maximum absolute atomic E-state index is 14.3. The first-order valence-electron chi connectivity index (χ1n) is 6.80. The van der Waals surface area contributed by atoms with Crippen LogP contribution in [-0.2, 0) is 4.79 Å². The predicted octanol–water partition coefficient (Wildman–Crippen LogP) is 3.47. The van der Waals surface area contributed by atoms with Crippen LogP contribution in [0.4, 0.5) is 14.5 Å². The van der Waals surface area contributed by atoms with Crippen LogP contribution in [0.1, 0.15) is 12.8 Å². The van der Waals surface area contributed by atoms with E-state index in [-0.39, 0.29) is 23.5 Å². The first-order chi connectivity index (χ1) is 10.5. The summed E-state index contributed by atoms with van der Waals surface area (Å²) in [5.41, 5.74) is 0.443. The topological polar surface area (TPSA) is 52.6 Å². The van der Waals surface area contributed by atoms with E-state index < -0.39 is 17.6 Å². The van der Waals surface area contributed by atoms with Crippen LogP contribution in [0.3, 0.4) is 0 Å². The summed E-state index contributed by atoms with van der Waals surface area (Å²) in [7, 11) is 0. The van der Waals surface area contributed by atoms with Crippen molar-refractivity contribution in [3.05, 3.63) is 50.4 Å². The molecule has 22 heavy (non-hydrogen) atoms. The van der Waals surface area contributed by atoms with Crippen molar-refractivity contribution in [2.24, 2.45) is 0 Å². The van der Waals surface area contributed by atoms with Crippen LogP contribution in [-0.4, -0.2) is 29.1 Å². The van der Waals surface area contributed by atoms with Crippen molar-refractivity contribution in [3.8, 4) is 0 Å². The van der Waals surface area contributed by atoms with Gasteiger partial charge >= 0.3 is 5.97 Å². The van der Waals surface area contributed by atoms with Crippen LogP contribution in [0.15, 0.2) is 41.0 Å². The number of halogens is 3. The second-order valence-electron chi connectivity index (χ2n) is 5.18. The first-order valence-corrected chi connectivity index (χ1v) is 7.87. The number of allylic oxidation sites excluding steroid dienone is 1. The zero-order chi connectivity index (χ0) is 15.9. The fourth-order valence-electron chi connectivity index (χ4n) is 2.80. The van der Waals surface area contributed by atoms with Gasteiger partial charge in [-0.25, -0.2) is 13.6 Å². The summed E-state index contributed by atoms with van der Waals surface area (Å²) >= 11 is 1.97. The Morgan fingerprint density at radius 2 is 2.14 bits per heavy atom. The van der Waals surface area contributed by atoms with E-state index in [1.165, 1.54) is 12.1 Å². The van der Waals surface area contributed by atoms with E-state index in [0.717, 1.165) is 6.42 Å². The molecule has 0 atom stereocenters. The summed E-state index contributed by atoms with van der Waals surface area (Å²) < 4.78 is 29.0. The van der Waals surface area contributed by atoms with E-state index in [2.05, 4.69) is 5.32 Å². The summed E-state index contributed by atoms with van der Waals surface area (Å²) in [5.74, 6) is -2.33. The molecule has 3 rings (SSSR count). The van der Waals surface area contributed by atoms with Crippen LogP contribution in [0.5, 0.6) is 0 Å². The largest absolute Gasteiger partial charge is 0.478 e. The van der Waals surface area contributed by atoms with Crippen molar-refractivity contribution in [2.45, 2.75) is 12.8 Å². The first kappa shape index (κ1) is 15.3. The third-order valence-electron chi connectivity index (χ3n) is 3.77. The van der Waals surface area contributed by atoms with Gasteiger partial charge in [-0.1, -0.05) is 0 Å². The Kier molecular flexibility index (Phi) is 4.07. The molecule has 7 heteroatoms. The third kappa shape index (κ3) is 2.69. The summed E-state index contributed by atoms with van der Waals surface area (Å²) in [6, 6.07) is 4.45. The molecule has 1 saturated heterocycles. The number of anilines is 1. The molecule has 0 aliphatic carbocycles. The Morgan fingerprint density at radius 3 is 2.82 bits per heavy atom. The molecular formula is C15H13F2IN2O2. The highest BCUT2D eigenvalue weighted by molar-refractivity contribution is 14.1. The second kappa shape index (κ2) is 5.86. The average Bonchev–Trinajstić information content (AvgIpc) is 2.89. The van der Waals surface area contributed by atoms with Crippen LogP contribution >= 0.6 is 22.6 Å². The Morgan fingerprint density at radius 1 is 1.36 bits per heavy atom. The minimum atomic E-state index is -1.20. The monoisotopic (exact) mass is 418 g/mol. The summed E-state index contributed by atoms with van der Waals surface area (Å²) in [6.07, 6.45) is 1.39. The van der Waals surface area contributed by atoms with Crippen LogP contribution in [0.2, 0.25) is 0 Å². The molecule has 0 radical (unpaired) electrons. The number of benzene rings is 1. The molecule has 0 saturated carbocycles. The smallest absolute Gasteiger partial charge is 0.339 e. The quantitative estimate of drug-likeness (QED) is 0.739. The van der Waals surface area contributed by atoms with Crippen molar-refractivity contribution in [1.29, 1.82) is 0 Å². The number of rotatable bonds is 3. The van der Waals surface area contributed by atoms with Gasteiger partial charge in [0.15, 0.2) is 0 Å². The fraction of sp³-hybridized carbons (Fsp3) is 0.267. The molecule has 0 aromatic heterocycles. The lowest BCUT2D eigenvalue weighted by Crippen LogP contribution is -2.30. The fourth-order valence-corrected chi connectivity index (χ4v) is 3.25. The standard InChI is InChI=1S/C15H13F2IN2O2/c16-9-6-8(18)3-4-11(9)19-14-10(17)7-20-5-1-2-12(20)13(14)15(21)22/h3-4,6,19H,1-2,5,7H2,(H,21,22). The molecule has 116 valence electrons. The van der Waals surface area contributed by atoms with Gasteiger partial charge in [0.1, 0.15) is 17.2 Å². The molecular weight excluding hydrogens is 405 g/mol. The number of hydrogen-bond acceptors (Lipinski definition) is 3. The number of hydrogen-bond donors (Lipinski definition) is 2. The lowest BCUT2D eigenvalue weighted by molar-refractivity contribution is -0.132. The molecule has 2 aliphatic heterocycles. The molecule has 0 unspecified atom stereocenters. The Labute approximate surface area is 139 Å². The van der Waals surface area contributed by atoms with Gasteiger partial charge in [-0.15, -0.1) is 0 Å². The maximum Gasteiger partial charge on any atom is 0.339 e. The van der Waals surface area contributed by atoms with Gasteiger partial charge in [0, 0.05) is 15.8 Å². The summed E-state index contributed by atoms with van der Waals surface area (Å²) in [6.45, 7) is 0.672. The predicted molar refractivity (Wildman–Crippen MR) is 86.3 cm³/mol. The second-order valence-corrected chi connectivity index (χ2v) is 6.43. The minimum absolute atomic E-state index is 0.0282. The minimum Gasteiger partial charge on any atom is -0.478 e. The van der Waals surface area contributed by atoms with Gasteiger partial charge in [0.05, 0.1) is 17.9 Å². The average molecular weight is 418 g/mol.